The number of piperidine rings is 1. The lowest BCUT2D eigenvalue weighted by Gasteiger charge is -2.43. The van der Waals surface area contributed by atoms with E-state index in [0.717, 1.165) is 32.4 Å². The van der Waals surface area contributed by atoms with Crippen LogP contribution in [-0.4, -0.2) is 54.1 Å². The van der Waals surface area contributed by atoms with Crippen LogP contribution in [0.1, 0.15) is 67.7 Å². The maximum Gasteiger partial charge on any atom is 0.217 e. The van der Waals surface area contributed by atoms with Crippen LogP contribution in [0, 0.1) is 5.41 Å². The first-order valence-corrected chi connectivity index (χ1v) is 10.8. The van der Waals surface area contributed by atoms with Crippen LogP contribution in [0.5, 0.6) is 0 Å². The molecule has 140 valence electrons. The van der Waals surface area contributed by atoms with E-state index < -0.39 is 10.0 Å². The van der Waals surface area contributed by atoms with E-state index in [1.807, 2.05) is 0 Å². The molecule has 0 aliphatic carbocycles. The average molecular weight is 357 g/mol. The van der Waals surface area contributed by atoms with Gasteiger partial charge in [-0.3, -0.25) is 4.90 Å². The number of rotatable bonds is 2. The molecule has 1 atom stereocenters. The van der Waals surface area contributed by atoms with E-state index in [1.54, 1.807) is 4.31 Å². The Balaban J connectivity index is 2.08. The zero-order valence-corrected chi connectivity index (χ0v) is 17.4. The minimum Gasteiger partial charge on any atom is -0.298 e. The zero-order valence-electron chi connectivity index (χ0n) is 16.6. The number of hydrogen-bond donors (Lipinski definition) is 0. The quantitative estimate of drug-likeness (QED) is 0.709. The molecule has 0 aromatic carbocycles. The Hall–Kier alpha value is -0.390. The normalized spacial score (nSPS) is 26.5. The molecule has 2 heterocycles. The Bertz CT molecular complexity index is 573. The second-order valence-electron chi connectivity index (χ2n) is 9.50. The lowest BCUT2D eigenvalue weighted by molar-refractivity contribution is 0.110. The smallest absolute Gasteiger partial charge is 0.217 e. The molecule has 0 aromatic heterocycles. The highest BCUT2D eigenvalue weighted by atomic mass is 32.2. The van der Waals surface area contributed by atoms with E-state index in [9.17, 15) is 8.42 Å². The Morgan fingerprint density at radius 2 is 1.58 bits per heavy atom. The van der Waals surface area contributed by atoms with Crippen molar-refractivity contribution in [3.63, 3.8) is 0 Å². The molecule has 0 spiro atoms. The van der Waals surface area contributed by atoms with E-state index in [0.29, 0.717) is 6.54 Å². The number of hydrogen-bond acceptors (Lipinski definition) is 3. The van der Waals surface area contributed by atoms with Crippen molar-refractivity contribution in [1.82, 2.24) is 9.21 Å². The fraction of sp³-hybridized carbons (Fsp3) is 0.895. The SMILES string of the molecule is CC1CC(C(C)(C)C)=CCN1S(=O)(=O)C1CCN(C(C)(C)C)CC1. The minimum absolute atomic E-state index is 0.0647. The van der Waals surface area contributed by atoms with Gasteiger partial charge in [0.2, 0.25) is 10.0 Å². The van der Waals surface area contributed by atoms with Crippen molar-refractivity contribution in [2.24, 2.45) is 5.41 Å². The Morgan fingerprint density at radius 3 is 2.00 bits per heavy atom. The number of likely N-dealkylation sites (tertiary alicyclic amines) is 1. The van der Waals surface area contributed by atoms with Gasteiger partial charge in [0.05, 0.1) is 5.25 Å². The van der Waals surface area contributed by atoms with E-state index in [1.165, 1.54) is 5.57 Å². The molecule has 1 fully saturated rings. The predicted molar refractivity (Wildman–Crippen MR) is 102 cm³/mol. The van der Waals surface area contributed by atoms with Crippen molar-refractivity contribution in [1.29, 1.82) is 0 Å². The maximum atomic E-state index is 13.1. The lowest BCUT2D eigenvalue weighted by Crippen LogP contribution is -2.52. The van der Waals surface area contributed by atoms with Crippen molar-refractivity contribution in [2.45, 2.75) is 84.6 Å². The molecule has 1 unspecified atom stereocenters. The van der Waals surface area contributed by atoms with Gasteiger partial charge in [0.1, 0.15) is 0 Å². The molecule has 0 aromatic rings. The van der Waals surface area contributed by atoms with Crippen LogP contribution in [-0.2, 0) is 10.0 Å². The molecule has 2 aliphatic rings. The predicted octanol–water partition coefficient (Wildman–Crippen LogP) is 3.65. The standard InChI is InChI=1S/C19H36N2O2S/c1-15-14-16(18(2,3)4)8-13-21(15)24(22,23)17-9-11-20(12-10-17)19(5,6)7/h8,15,17H,9-14H2,1-7H3. The fourth-order valence-electron chi connectivity index (χ4n) is 3.87. The second kappa shape index (κ2) is 6.73. The molecule has 0 N–H and O–H groups in total. The van der Waals surface area contributed by atoms with Crippen molar-refractivity contribution >= 4 is 10.0 Å². The molecule has 0 saturated carbocycles. The summed E-state index contributed by atoms with van der Waals surface area (Å²) in [4.78, 5) is 2.40. The first-order valence-electron chi connectivity index (χ1n) is 9.28. The van der Waals surface area contributed by atoms with Crippen LogP contribution >= 0.6 is 0 Å². The Labute approximate surface area is 149 Å². The molecule has 0 amide bonds. The first-order chi connectivity index (χ1) is 10.8. The Morgan fingerprint density at radius 1 is 1.04 bits per heavy atom. The highest BCUT2D eigenvalue weighted by Gasteiger charge is 2.40. The summed E-state index contributed by atoms with van der Waals surface area (Å²) in [6.07, 6.45) is 4.49. The lowest BCUT2D eigenvalue weighted by atomic mass is 9.81. The average Bonchev–Trinajstić information content (AvgIpc) is 2.45. The second-order valence-corrected chi connectivity index (χ2v) is 11.7. The van der Waals surface area contributed by atoms with Crippen molar-refractivity contribution < 1.29 is 8.42 Å². The van der Waals surface area contributed by atoms with Gasteiger partial charge < -0.3 is 0 Å². The monoisotopic (exact) mass is 356 g/mol. The third-order valence-corrected chi connectivity index (χ3v) is 8.10. The van der Waals surface area contributed by atoms with Gasteiger partial charge in [-0.2, -0.15) is 4.31 Å². The van der Waals surface area contributed by atoms with Gasteiger partial charge in [0.25, 0.3) is 0 Å². The van der Waals surface area contributed by atoms with Crippen molar-refractivity contribution in [3.05, 3.63) is 11.6 Å². The molecule has 2 aliphatic heterocycles. The van der Waals surface area contributed by atoms with Crippen LogP contribution in [0.15, 0.2) is 11.6 Å². The maximum absolute atomic E-state index is 13.1. The van der Waals surface area contributed by atoms with Crippen LogP contribution in [0.4, 0.5) is 0 Å². The third-order valence-electron chi connectivity index (χ3n) is 5.63. The summed E-state index contributed by atoms with van der Waals surface area (Å²) in [5.41, 5.74) is 1.63. The van der Waals surface area contributed by atoms with Crippen LogP contribution in [0.25, 0.3) is 0 Å². The molecule has 5 heteroatoms. The molecular weight excluding hydrogens is 320 g/mol. The first kappa shape index (κ1) is 19.9. The molecule has 2 rings (SSSR count). The minimum atomic E-state index is -3.21. The van der Waals surface area contributed by atoms with Gasteiger partial charge in [0.15, 0.2) is 0 Å². The van der Waals surface area contributed by atoms with Crippen molar-refractivity contribution in [3.8, 4) is 0 Å². The van der Waals surface area contributed by atoms with Crippen LogP contribution < -0.4 is 0 Å². The van der Waals surface area contributed by atoms with Gasteiger partial charge in [-0.1, -0.05) is 32.4 Å². The highest BCUT2D eigenvalue weighted by Crippen LogP contribution is 2.35. The van der Waals surface area contributed by atoms with Crippen LogP contribution in [0.2, 0.25) is 0 Å². The summed E-state index contributed by atoms with van der Waals surface area (Å²) >= 11 is 0. The molecule has 4 nitrogen and oxygen atoms in total. The largest absolute Gasteiger partial charge is 0.298 e. The molecule has 24 heavy (non-hydrogen) atoms. The van der Waals surface area contributed by atoms with Gasteiger partial charge >= 0.3 is 0 Å². The van der Waals surface area contributed by atoms with E-state index in [-0.39, 0.29) is 22.2 Å². The molecule has 0 radical (unpaired) electrons. The van der Waals surface area contributed by atoms with E-state index in [2.05, 4.69) is 59.4 Å². The topological polar surface area (TPSA) is 40.6 Å². The van der Waals surface area contributed by atoms with Crippen molar-refractivity contribution in [2.75, 3.05) is 19.6 Å². The van der Waals surface area contributed by atoms with Gasteiger partial charge in [0, 0.05) is 18.1 Å². The fourth-order valence-corrected chi connectivity index (χ4v) is 5.91. The summed E-state index contributed by atoms with van der Waals surface area (Å²) in [6, 6.07) is 0.0647. The summed E-state index contributed by atoms with van der Waals surface area (Å²) in [5.74, 6) is 0. The van der Waals surface area contributed by atoms with Gasteiger partial charge in [-0.05, 0) is 65.5 Å². The summed E-state index contributed by atoms with van der Waals surface area (Å²) < 4.78 is 28.0. The number of nitrogens with zero attached hydrogens (tertiary/aromatic N) is 2. The Kier molecular flexibility index (Phi) is 5.59. The van der Waals surface area contributed by atoms with Crippen LogP contribution in [0.3, 0.4) is 0 Å². The van der Waals surface area contributed by atoms with Gasteiger partial charge in [-0.15, -0.1) is 0 Å². The summed E-state index contributed by atoms with van der Waals surface area (Å²) in [6.45, 7) is 17.6. The number of sulfonamides is 1. The molecule has 1 saturated heterocycles. The molecule has 0 bridgehead atoms. The molecular formula is C19H36N2O2S. The highest BCUT2D eigenvalue weighted by molar-refractivity contribution is 7.89. The van der Waals surface area contributed by atoms with Gasteiger partial charge in [-0.25, -0.2) is 8.42 Å². The zero-order chi connectivity index (χ0) is 18.3. The summed E-state index contributed by atoms with van der Waals surface area (Å²) in [5, 5.41) is -0.219. The van der Waals surface area contributed by atoms with E-state index in [4.69, 9.17) is 0 Å². The summed E-state index contributed by atoms with van der Waals surface area (Å²) in [7, 11) is -3.21. The third kappa shape index (κ3) is 4.23. The van der Waals surface area contributed by atoms with E-state index >= 15 is 0 Å².